The highest BCUT2D eigenvalue weighted by Gasteiger charge is 2.12. The van der Waals surface area contributed by atoms with Crippen LogP contribution >= 0.6 is 24.0 Å². The molecule has 5 heteroatoms. The van der Waals surface area contributed by atoms with Crippen LogP contribution in [-0.4, -0.2) is 14.8 Å². The molecule has 74 valence electrons. The Morgan fingerprint density at radius 1 is 1.23 bits per heavy atom. The second-order valence-corrected chi connectivity index (χ2v) is 3.40. The van der Waals surface area contributed by atoms with Crippen LogP contribution in [-0.2, 0) is 18.8 Å². The van der Waals surface area contributed by atoms with E-state index in [1.54, 1.807) is 0 Å². The molecule has 0 saturated heterocycles. The van der Waals surface area contributed by atoms with Gasteiger partial charge in [-0.25, -0.2) is 0 Å². The Bertz CT molecular complexity index is 272. The molecule has 0 aliphatic carbocycles. The van der Waals surface area contributed by atoms with Crippen molar-refractivity contribution in [2.75, 3.05) is 0 Å². The van der Waals surface area contributed by atoms with E-state index in [0.717, 1.165) is 24.6 Å². The average Bonchev–Trinajstić information content (AvgIpc) is 2.33. The highest BCUT2D eigenvalue weighted by molar-refractivity contribution is 6.16. The smallest absolute Gasteiger partial charge is 0.147 e. The summed E-state index contributed by atoms with van der Waals surface area (Å²) in [7, 11) is 0. The lowest BCUT2D eigenvalue weighted by molar-refractivity contribution is 0.616. The molecule has 0 fully saturated rings. The minimum atomic E-state index is 0. The van der Waals surface area contributed by atoms with Gasteiger partial charge in [-0.3, -0.25) is 0 Å². The van der Waals surface area contributed by atoms with Crippen molar-refractivity contribution in [2.24, 2.45) is 0 Å². The summed E-state index contributed by atoms with van der Waals surface area (Å²) in [6, 6.07) is 0. The first-order chi connectivity index (χ1) is 5.92. The Labute approximate surface area is 88.9 Å². The molecule has 0 unspecified atom stereocenters. The van der Waals surface area contributed by atoms with E-state index >= 15 is 0 Å². The number of aryl methyl sites for hydroxylation is 1. The lowest BCUT2D eigenvalue weighted by atomic mass is 10.2. The second kappa shape index (κ2) is 4.82. The molecule has 0 saturated carbocycles. The minimum Gasteiger partial charge on any atom is -0.314 e. The second-order valence-electron chi connectivity index (χ2n) is 3.13. The van der Waals surface area contributed by atoms with Crippen LogP contribution in [0.25, 0.3) is 0 Å². The van der Waals surface area contributed by atoms with E-state index in [4.69, 9.17) is 11.6 Å². The van der Waals surface area contributed by atoms with E-state index in [1.165, 1.54) is 19.3 Å². The predicted molar refractivity (Wildman–Crippen MR) is 54.4 cm³/mol. The Hall–Kier alpha value is -0.280. The topological polar surface area (TPSA) is 30.7 Å². The van der Waals surface area contributed by atoms with Crippen LogP contribution in [0.15, 0.2) is 0 Å². The molecule has 1 aliphatic heterocycles. The van der Waals surface area contributed by atoms with Gasteiger partial charge in [-0.2, -0.15) is 0 Å². The summed E-state index contributed by atoms with van der Waals surface area (Å²) >= 11 is 5.74. The van der Waals surface area contributed by atoms with E-state index < -0.39 is 0 Å². The molecule has 3 nitrogen and oxygen atoms in total. The van der Waals surface area contributed by atoms with Crippen LogP contribution in [0.4, 0.5) is 0 Å². The van der Waals surface area contributed by atoms with E-state index in [9.17, 15) is 0 Å². The predicted octanol–water partition coefficient (Wildman–Crippen LogP) is 2.17. The van der Waals surface area contributed by atoms with E-state index in [0.29, 0.717) is 5.88 Å². The van der Waals surface area contributed by atoms with Gasteiger partial charge in [0.05, 0.1) is 5.88 Å². The number of halogens is 2. The Balaban J connectivity index is 0.000000845. The Morgan fingerprint density at radius 2 is 2.08 bits per heavy atom. The Kier molecular flexibility index (Phi) is 4.00. The van der Waals surface area contributed by atoms with Gasteiger partial charge in [0.15, 0.2) is 0 Å². The van der Waals surface area contributed by atoms with E-state index in [1.807, 2.05) is 0 Å². The molecule has 1 aliphatic rings. The van der Waals surface area contributed by atoms with Crippen LogP contribution in [0.5, 0.6) is 0 Å². The van der Waals surface area contributed by atoms with Gasteiger partial charge >= 0.3 is 0 Å². The Morgan fingerprint density at radius 3 is 2.85 bits per heavy atom. The first-order valence-electron chi connectivity index (χ1n) is 4.39. The summed E-state index contributed by atoms with van der Waals surface area (Å²) in [4.78, 5) is 0. The molecule has 13 heavy (non-hydrogen) atoms. The minimum absolute atomic E-state index is 0. The highest BCUT2D eigenvalue weighted by Crippen LogP contribution is 2.14. The molecular weight excluding hydrogens is 209 g/mol. The molecule has 0 bridgehead atoms. The van der Waals surface area contributed by atoms with Gasteiger partial charge in [0.1, 0.15) is 11.6 Å². The number of nitrogens with zero attached hydrogens (tertiary/aromatic N) is 3. The quantitative estimate of drug-likeness (QED) is 0.681. The van der Waals surface area contributed by atoms with Gasteiger partial charge in [0.2, 0.25) is 0 Å². The number of alkyl halides is 1. The van der Waals surface area contributed by atoms with Crippen molar-refractivity contribution < 1.29 is 0 Å². The molecule has 0 aromatic carbocycles. The van der Waals surface area contributed by atoms with Crippen molar-refractivity contribution >= 4 is 24.0 Å². The summed E-state index contributed by atoms with van der Waals surface area (Å²) in [6.45, 7) is 1.05. The summed E-state index contributed by atoms with van der Waals surface area (Å²) in [5, 5.41) is 8.16. The van der Waals surface area contributed by atoms with Crippen molar-refractivity contribution in [1.29, 1.82) is 0 Å². The zero-order valence-electron chi connectivity index (χ0n) is 7.37. The summed E-state index contributed by atoms with van der Waals surface area (Å²) in [5.74, 6) is 2.52. The molecule has 0 atom stereocenters. The number of rotatable bonds is 1. The zero-order valence-corrected chi connectivity index (χ0v) is 8.94. The summed E-state index contributed by atoms with van der Waals surface area (Å²) < 4.78 is 2.17. The van der Waals surface area contributed by atoms with Gasteiger partial charge in [0.25, 0.3) is 0 Å². The number of hydrogen-bond donors (Lipinski definition) is 0. The molecule has 1 aromatic heterocycles. The molecule has 2 heterocycles. The fourth-order valence-corrected chi connectivity index (χ4v) is 1.84. The first-order valence-corrected chi connectivity index (χ1v) is 4.92. The van der Waals surface area contributed by atoms with Gasteiger partial charge in [-0.15, -0.1) is 34.2 Å². The fraction of sp³-hybridized carbons (Fsp3) is 0.750. The lowest BCUT2D eigenvalue weighted by Gasteiger charge is -2.02. The van der Waals surface area contributed by atoms with Gasteiger partial charge < -0.3 is 4.57 Å². The molecule has 0 N–H and O–H groups in total. The fourth-order valence-electron chi connectivity index (χ4n) is 1.64. The maximum absolute atomic E-state index is 5.74. The van der Waals surface area contributed by atoms with Crippen LogP contribution in [0, 0.1) is 0 Å². The van der Waals surface area contributed by atoms with Crippen molar-refractivity contribution in [3.8, 4) is 0 Å². The third-order valence-electron chi connectivity index (χ3n) is 2.31. The monoisotopic (exact) mass is 221 g/mol. The highest BCUT2D eigenvalue weighted by atomic mass is 35.5. The zero-order chi connectivity index (χ0) is 8.39. The standard InChI is InChI=1S/C8H12ClN3.ClH/c9-6-8-11-10-7-4-2-1-3-5-12(7)8;/h1-6H2;1H. The third kappa shape index (κ3) is 2.15. The summed E-state index contributed by atoms with van der Waals surface area (Å²) in [6.07, 6.45) is 4.82. The van der Waals surface area contributed by atoms with Crippen molar-refractivity contribution in [3.63, 3.8) is 0 Å². The normalized spacial score (nSPS) is 15.8. The van der Waals surface area contributed by atoms with E-state index in [-0.39, 0.29) is 12.4 Å². The van der Waals surface area contributed by atoms with Gasteiger partial charge in [-0.05, 0) is 12.8 Å². The van der Waals surface area contributed by atoms with Crippen LogP contribution in [0.1, 0.15) is 30.9 Å². The average molecular weight is 222 g/mol. The van der Waals surface area contributed by atoms with Gasteiger partial charge in [-0.1, -0.05) is 6.42 Å². The number of fused-ring (bicyclic) bond motifs is 1. The van der Waals surface area contributed by atoms with Crippen LogP contribution in [0.3, 0.4) is 0 Å². The summed E-state index contributed by atoms with van der Waals surface area (Å²) in [5.41, 5.74) is 0. The van der Waals surface area contributed by atoms with Crippen LogP contribution in [0.2, 0.25) is 0 Å². The van der Waals surface area contributed by atoms with Gasteiger partial charge in [0, 0.05) is 13.0 Å². The maximum atomic E-state index is 5.74. The SMILES string of the molecule is Cl.ClCc1nnc2n1CCCCC2. The van der Waals surface area contributed by atoms with Crippen molar-refractivity contribution in [1.82, 2.24) is 14.8 Å². The van der Waals surface area contributed by atoms with E-state index in [2.05, 4.69) is 14.8 Å². The number of aromatic nitrogens is 3. The molecular formula is C8H13Cl2N3. The molecule has 2 rings (SSSR count). The molecule has 0 radical (unpaired) electrons. The largest absolute Gasteiger partial charge is 0.314 e. The molecule has 0 amide bonds. The maximum Gasteiger partial charge on any atom is 0.147 e. The first kappa shape index (κ1) is 10.8. The number of hydrogen-bond acceptors (Lipinski definition) is 2. The van der Waals surface area contributed by atoms with Crippen LogP contribution < -0.4 is 0 Å². The molecule has 1 aromatic rings. The third-order valence-corrected chi connectivity index (χ3v) is 2.54. The molecule has 0 spiro atoms. The van der Waals surface area contributed by atoms with Crippen molar-refractivity contribution in [2.45, 2.75) is 38.1 Å². The lowest BCUT2D eigenvalue weighted by Crippen LogP contribution is -2.04. The van der Waals surface area contributed by atoms with Crippen molar-refractivity contribution in [3.05, 3.63) is 11.6 Å².